The number of hydrogen-bond acceptors (Lipinski definition) is 3. The van der Waals surface area contributed by atoms with Crippen LogP contribution in [0, 0.1) is 6.92 Å². The van der Waals surface area contributed by atoms with Crippen molar-refractivity contribution in [1.29, 1.82) is 0 Å². The number of rotatable bonds is 3. The van der Waals surface area contributed by atoms with Gasteiger partial charge in [0.05, 0.1) is 12.8 Å². The molecule has 0 unspecified atom stereocenters. The van der Waals surface area contributed by atoms with Crippen LogP contribution in [0.25, 0.3) is 0 Å². The normalized spacial score (nSPS) is 15.4. The Morgan fingerprint density at radius 2 is 2.17 bits per heavy atom. The van der Waals surface area contributed by atoms with E-state index in [0.717, 1.165) is 18.7 Å². The van der Waals surface area contributed by atoms with Crippen LogP contribution in [0.2, 0.25) is 0 Å². The lowest BCUT2D eigenvalue weighted by molar-refractivity contribution is -0.136. The Morgan fingerprint density at radius 3 is 2.89 bits per heavy atom. The van der Waals surface area contributed by atoms with E-state index in [1.165, 1.54) is 31.3 Å². The number of methoxy groups -OCH3 is 1. The summed E-state index contributed by atoms with van der Waals surface area (Å²) in [7, 11) is 1.41. The molecule has 1 aliphatic carbocycles. The predicted molar refractivity (Wildman–Crippen MR) is 69.4 cm³/mol. The molecule has 0 saturated heterocycles. The molecule has 0 amide bonds. The first kappa shape index (κ1) is 12.9. The SMILES string of the molecule is COC(=O)C(C)=CCn1c(C)nc2c1CCCC2. The molecule has 0 bridgehead atoms. The number of nitrogens with zero attached hydrogens (tertiary/aromatic N) is 2. The quantitative estimate of drug-likeness (QED) is 0.608. The zero-order valence-corrected chi connectivity index (χ0v) is 11.3. The zero-order valence-electron chi connectivity index (χ0n) is 11.3. The number of aromatic nitrogens is 2. The van der Waals surface area contributed by atoms with Crippen LogP contribution in [0.4, 0.5) is 0 Å². The molecule has 98 valence electrons. The Morgan fingerprint density at radius 1 is 1.44 bits per heavy atom. The van der Waals surface area contributed by atoms with E-state index in [0.29, 0.717) is 12.1 Å². The molecule has 1 aromatic heterocycles. The van der Waals surface area contributed by atoms with Gasteiger partial charge in [-0.15, -0.1) is 0 Å². The van der Waals surface area contributed by atoms with Crippen molar-refractivity contribution in [2.45, 2.75) is 46.1 Å². The molecule has 0 atom stereocenters. The average Bonchev–Trinajstić information content (AvgIpc) is 2.70. The third-order valence-electron chi connectivity index (χ3n) is 3.51. The molecule has 4 heteroatoms. The van der Waals surface area contributed by atoms with Crippen molar-refractivity contribution >= 4 is 5.97 Å². The first-order chi connectivity index (χ1) is 8.63. The molecule has 2 rings (SSSR count). The lowest BCUT2D eigenvalue weighted by Gasteiger charge is -2.13. The van der Waals surface area contributed by atoms with Crippen LogP contribution in [0.15, 0.2) is 11.6 Å². The molecular formula is C14H20N2O2. The molecule has 0 spiro atoms. The first-order valence-electron chi connectivity index (χ1n) is 6.43. The minimum atomic E-state index is -0.262. The van der Waals surface area contributed by atoms with E-state index in [-0.39, 0.29) is 5.97 Å². The second-order valence-corrected chi connectivity index (χ2v) is 4.75. The second kappa shape index (κ2) is 5.38. The van der Waals surface area contributed by atoms with Crippen LogP contribution in [-0.4, -0.2) is 22.6 Å². The number of allylic oxidation sites excluding steroid dienone is 1. The third-order valence-corrected chi connectivity index (χ3v) is 3.51. The lowest BCUT2D eigenvalue weighted by atomic mass is 10.0. The molecule has 0 radical (unpaired) electrons. The number of imidazole rings is 1. The number of aryl methyl sites for hydroxylation is 2. The Balaban J connectivity index is 2.19. The number of carbonyl (C=O) groups excluding carboxylic acids is 1. The van der Waals surface area contributed by atoms with E-state index in [4.69, 9.17) is 4.74 Å². The standard InChI is InChI=1S/C14H20N2O2/c1-10(14(17)18-3)8-9-16-11(2)15-12-6-4-5-7-13(12)16/h8H,4-7,9H2,1-3H3. The molecule has 0 aliphatic heterocycles. The Kier molecular flexibility index (Phi) is 3.84. The summed E-state index contributed by atoms with van der Waals surface area (Å²) >= 11 is 0. The molecule has 0 fully saturated rings. The van der Waals surface area contributed by atoms with Crippen molar-refractivity contribution in [3.05, 3.63) is 28.9 Å². The molecule has 18 heavy (non-hydrogen) atoms. The monoisotopic (exact) mass is 248 g/mol. The summed E-state index contributed by atoms with van der Waals surface area (Å²) in [5.74, 6) is 0.775. The highest BCUT2D eigenvalue weighted by atomic mass is 16.5. The number of hydrogen-bond donors (Lipinski definition) is 0. The topological polar surface area (TPSA) is 44.1 Å². The molecule has 1 heterocycles. The highest BCUT2D eigenvalue weighted by Gasteiger charge is 2.17. The van der Waals surface area contributed by atoms with E-state index in [2.05, 4.69) is 9.55 Å². The van der Waals surface area contributed by atoms with E-state index in [1.54, 1.807) is 6.92 Å². The molecule has 0 aromatic carbocycles. The van der Waals surface area contributed by atoms with Crippen LogP contribution >= 0.6 is 0 Å². The average molecular weight is 248 g/mol. The fourth-order valence-corrected chi connectivity index (χ4v) is 2.45. The van der Waals surface area contributed by atoms with Crippen LogP contribution in [0.5, 0.6) is 0 Å². The third kappa shape index (κ3) is 2.47. The van der Waals surface area contributed by atoms with Gasteiger partial charge in [0.2, 0.25) is 0 Å². The summed E-state index contributed by atoms with van der Waals surface area (Å²) in [5, 5.41) is 0. The van der Waals surface area contributed by atoms with Crippen molar-refractivity contribution in [2.24, 2.45) is 0 Å². The van der Waals surface area contributed by atoms with Gasteiger partial charge in [0.25, 0.3) is 0 Å². The maximum absolute atomic E-state index is 11.3. The summed E-state index contributed by atoms with van der Waals surface area (Å²) in [4.78, 5) is 15.9. The van der Waals surface area contributed by atoms with Gasteiger partial charge in [0.1, 0.15) is 5.82 Å². The van der Waals surface area contributed by atoms with Crippen molar-refractivity contribution in [1.82, 2.24) is 9.55 Å². The fourth-order valence-electron chi connectivity index (χ4n) is 2.45. The number of ether oxygens (including phenoxy) is 1. The van der Waals surface area contributed by atoms with Crippen molar-refractivity contribution < 1.29 is 9.53 Å². The molecule has 0 N–H and O–H groups in total. The highest BCUT2D eigenvalue weighted by molar-refractivity contribution is 5.87. The van der Waals surface area contributed by atoms with Crippen molar-refractivity contribution in [2.75, 3.05) is 7.11 Å². The van der Waals surface area contributed by atoms with Crippen LogP contribution < -0.4 is 0 Å². The zero-order chi connectivity index (χ0) is 13.1. The van der Waals surface area contributed by atoms with Crippen molar-refractivity contribution in [3.8, 4) is 0 Å². The van der Waals surface area contributed by atoms with Gasteiger partial charge in [-0.1, -0.05) is 6.08 Å². The molecule has 1 aliphatic rings. The Hall–Kier alpha value is -1.58. The summed E-state index contributed by atoms with van der Waals surface area (Å²) in [6, 6.07) is 0. The number of fused-ring (bicyclic) bond motifs is 1. The fraction of sp³-hybridized carbons (Fsp3) is 0.571. The van der Waals surface area contributed by atoms with Gasteiger partial charge in [-0.3, -0.25) is 0 Å². The highest BCUT2D eigenvalue weighted by Crippen LogP contribution is 2.22. The van der Waals surface area contributed by atoms with Gasteiger partial charge < -0.3 is 9.30 Å². The minimum absolute atomic E-state index is 0.262. The van der Waals surface area contributed by atoms with E-state index < -0.39 is 0 Å². The summed E-state index contributed by atoms with van der Waals surface area (Å²) in [6.07, 6.45) is 6.57. The molecule has 0 saturated carbocycles. The molecular weight excluding hydrogens is 228 g/mol. The summed E-state index contributed by atoms with van der Waals surface area (Å²) < 4.78 is 6.90. The van der Waals surface area contributed by atoms with E-state index in [9.17, 15) is 4.79 Å². The van der Waals surface area contributed by atoms with Gasteiger partial charge in [-0.25, -0.2) is 9.78 Å². The van der Waals surface area contributed by atoms with Gasteiger partial charge in [0, 0.05) is 17.8 Å². The van der Waals surface area contributed by atoms with E-state index >= 15 is 0 Å². The Bertz CT molecular complexity index is 486. The van der Waals surface area contributed by atoms with Gasteiger partial charge >= 0.3 is 5.97 Å². The van der Waals surface area contributed by atoms with Gasteiger partial charge in [0.15, 0.2) is 0 Å². The van der Waals surface area contributed by atoms with Crippen molar-refractivity contribution in [3.63, 3.8) is 0 Å². The first-order valence-corrected chi connectivity index (χ1v) is 6.43. The predicted octanol–water partition coefficient (Wildman–Crippen LogP) is 2.19. The number of carbonyl (C=O) groups is 1. The second-order valence-electron chi connectivity index (χ2n) is 4.75. The van der Waals surface area contributed by atoms with Crippen LogP contribution in [0.3, 0.4) is 0 Å². The Labute approximate surface area is 108 Å². The molecule has 1 aromatic rings. The lowest BCUT2D eigenvalue weighted by Crippen LogP contribution is -2.10. The van der Waals surface area contributed by atoms with E-state index in [1.807, 2.05) is 13.0 Å². The summed E-state index contributed by atoms with van der Waals surface area (Å²) in [6.45, 7) is 4.51. The van der Waals surface area contributed by atoms with Crippen LogP contribution in [0.1, 0.15) is 37.0 Å². The maximum atomic E-state index is 11.3. The number of esters is 1. The minimum Gasteiger partial charge on any atom is -0.466 e. The smallest absolute Gasteiger partial charge is 0.333 e. The largest absolute Gasteiger partial charge is 0.466 e. The van der Waals surface area contributed by atoms with Crippen LogP contribution in [-0.2, 0) is 28.9 Å². The van der Waals surface area contributed by atoms with Gasteiger partial charge in [-0.05, 0) is 39.5 Å². The molecule has 4 nitrogen and oxygen atoms in total. The summed E-state index contributed by atoms with van der Waals surface area (Å²) in [5.41, 5.74) is 3.23. The van der Waals surface area contributed by atoms with Gasteiger partial charge in [-0.2, -0.15) is 0 Å². The maximum Gasteiger partial charge on any atom is 0.333 e.